The normalized spacial score (nSPS) is 22.6. The number of nitrogens with one attached hydrogen (secondary N) is 2. The molecule has 1 aromatic heterocycles. The van der Waals surface area contributed by atoms with Gasteiger partial charge in [-0.15, -0.1) is 0 Å². The van der Waals surface area contributed by atoms with Gasteiger partial charge in [0.15, 0.2) is 0 Å². The molecule has 20 heavy (non-hydrogen) atoms. The number of carbonyl (C=O) groups excluding carboxylic acids is 1. The molecule has 2 rings (SSSR count). The third-order valence-electron chi connectivity index (χ3n) is 3.44. The molecule has 0 radical (unpaired) electrons. The number of aromatic nitrogens is 2. The van der Waals surface area contributed by atoms with Gasteiger partial charge in [0.1, 0.15) is 0 Å². The summed E-state index contributed by atoms with van der Waals surface area (Å²) in [5.41, 5.74) is 0. The summed E-state index contributed by atoms with van der Waals surface area (Å²) in [4.78, 5) is 30.9. The summed E-state index contributed by atoms with van der Waals surface area (Å²) in [7, 11) is 0. The highest BCUT2D eigenvalue weighted by Gasteiger charge is 2.30. The van der Waals surface area contributed by atoms with E-state index in [4.69, 9.17) is 0 Å². The minimum atomic E-state index is -0.854. The smallest absolute Gasteiger partial charge is 0.321 e. The summed E-state index contributed by atoms with van der Waals surface area (Å²) in [5.74, 6) is -1.18. The van der Waals surface area contributed by atoms with Gasteiger partial charge in [-0.3, -0.25) is 10.1 Å². The van der Waals surface area contributed by atoms with Crippen LogP contribution < -0.4 is 10.6 Å². The predicted molar refractivity (Wildman–Crippen MR) is 72.2 cm³/mol. The molecular formula is C13H18N4O3. The predicted octanol–water partition coefficient (Wildman–Crippen LogP) is 1.63. The molecule has 7 nitrogen and oxygen atoms in total. The Morgan fingerprint density at radius 1 is 1.15 bits per heavy atom. The Balaban J connectivity index is 1.95. The number of nitrogens with zero attached hydrogens (tertiary/aromatic N) is 2. The first-order valence-corrected chi connectivity index (χ1v) is 6.74. The number of hydrogen-bond donors (Lipinski definition) is 3. The van der Waals surface area contributed by atoms with Crippen molar-refractivity contribution in [1.29, 1.82) is 0 Å². The van der Waals surface area contributed by atoms with Crippen LogP contribution >= 0.6 is 0 Å². The van der Waals surface area contributed by atoms with E-state index >= 15 is 0 Å². The van der Waals surface area contributed by atoms with Crippen LogP contribution in [0.3, 0.4) is 0 Å². The van der Waals surface area contributed by atoms with Gasteiger partial charge in [-0.2, -0.15) is 0 Å². The molecule has 1 saturated carbocycles. The van der Waals surface area contributed by atoms with E-state index in [0.717, 1.165) is 19.3 Å². The monoisotopic (exact) mass is 278 g/mol. The number of anilines is 1. The standard InChI is InChI=1S/C13H18N4O3/c18-11(19)9-5-2-1-3-6-10(9)16-13(20)17-12-14-7-4-8-15-12/h4,7-10H,1-3,5-6H2,(H,18,19)(H2,14,15,16,17,20). The molecule has 1 aliphatic carbocycles. The number of amides is 2. The maximum Gasteiger partial charge on any atom is 0.321 e. The largest absolute Gasteiger partial charge is 0.481 e. The highest BCUT2D eigenvalue weighted by molar-refractivity contribution is 5.88. The summed E-state index contributed by atoms with van der Waals surface area (Å²) in [6.07, 6.45) is 7.14. The molecule has 1 aliphatic rings. The molecule has 2 atom stereocenters. The van der Waals surface area contributed by atoms with E-state index in [-0.39, 0.29) is 12.0 Å². The van der Waals surface area contributed by atoms with Crippen LogP contribution in [0.25, 0.3) is 0 Å². The van der Waals surface area contributed by atoms with Crippen molar-refractivity contribution in [3.05, 3.63) is 18.5 Å². The molecule has 108 valence electrons. The molecule has 0 bridgehead atoms. The Kier molecular flexibility index (Phi) is 4.86. The minimum absolute atomic E-state index is 0.200. The molecule has 0 aliphatic heterocycles. The summed E-state index contributed by atoms with van der Waals surface area (Å²) in [6.45, 7) is 0. The lowest BCUT2D eigenvalue weighted by Gasteiger charge is -2.22. The highest BCUT2D eigenvalue weighted by Crippen LogP contribution is 2.23. The van der Waals surface area contributed by atoms with Crippen LogP contribution in [-0.4, -0.2) is 33.1 Å². The number of aliphatic carboxylic acids is 1. The third-order valence-corrected chi connectivity index (χ3v) is 3.44. The van der Waals surface area contributed by atoms with Crippen molar-refractivity contribution in [2.75, 3.05) is 5.32 Å². The van der Waals surface area contributed by atoms with Gasteiger partial charge in [0.05, 0.1) is 5.92 Å². The summed E-state index contributed by atoms with van der Waals surface area (Å²) >= 11 is 0. The van der Waals surface area contributed by atoms with E-state index in [1.165, 1.54) is 12.4 Å². The first-order valence-electron chi connectivity index (χ1n) is 6.74. The van der Waals surface area contributed by atoms with Crippen LogP contribution in [-0.2, 0) is 4.79 Å². The molecule has 1 aromatic rings. The van der Waals surface area contributed by atoms with Gasteiger partial charge in [-0.25, -0.2) is 14.8 Å². The van der Waals surface area contributed by atoms with Crippen molar-refractivity contribution in [2.45, 2.75) is 38.1 Å². The lowest BCUT2D eigenvalue weighted by Crippen LogP contribution is -2.44. The van der Waals surface area contributed by atoms with Crippen molar-refractivity contribution in [3.8, 4) is 0 Å². The molecule has 7 heteroatoms. The summed E-state index contributed by atoms with van der Waals surface area (Å²) in [5, 5.41) is 14.5. The van der Waals surface area contributed by atoms with Crippen LogP contribution in [0.15, 0.2) is 18.5 Å². The van der Waals surface area contributed by atoms with Crippen molar-refractivity contribution < 1.29 is 14.7 Å². The topological polar surface area (TPSA) is 104 Å². The zero-order valence-electron chi connectivity index (χ0n) is 11.1. The first kappa shape index (κ1) is 14.2. The average molecular weight is 278 g/mol. The van der Waals surface area contributed by atoms with Gasteiger partial charge in [-0.1, -0.05) is 19.3 Å². The van der Waals surface area contributed by atoms with E-state index in [2.05, 4.69) is 20.6 Å². The molecule has 2 amide bonds. The number of carbonyl (C=O) groups is 2. The van der Waals surface area contributed by atoms with Gasteiger partial charge in [-0.05, 0) is 18.9 Å². The van der Waals surface area contributed by atoms with Crippen LogP contribution in [0, 0.1) is 5.92 Å². The maximum atomic E-state index is 11.9. The van der Waals surface area contributed by atoms with E-state index in [1.807, 2.05) is 0 Å². The Labute approximate surface area is 116 Å². The molecule has 1 heterocycles. The van der Waals surface area contributed by atoms with E-state index < -0.39 is 17.9 Å². The van der Waals surface area contributed by atoms with E-state index in [1.54, 1.807) is 6.07 Å². The fourth-order valence-electron chi connectivity index (χ4n) is 2.45. The molecule has 2 unspecified atom stereocenters. The van der Waals surface area contributed by atoms with Gasteiger partial charge < -0.3 is 10.4 Å². The Bertz CT molecular complexity index is 466. The second-order valence-corrected chi connectivity index (χ2v) is 4.86. The number of hydrogen-bond acceptors (Lipinski definition) is 4. The zero-order chi connectivity index (χ0) is 14.4. The van der Waals surface area contributed by atoms with Gasteiger partial charge >= 0.3 is 12.0 Å². The third kappa shape index (κ3) is 3.91. The van der Waals surface area contributed by atoms with E-state index in [0.29, 0.717) is 12.8 Å². The maximum absolute atomic E-state index is 11.9. The van der Waals surface area contributed by atoms with Gasteiger partial charge in [0, 0.05) is 18.4 Å². The van der Waals surface area contributed by atoms with E-state index in [9.17, 15) is 14.7 Å². The molecule has 3 N–H and O–H groups in total. The van der Waals surface area contributed by atoms with Crippen LogP contribution in [0.1, 0.15) is 32.1 Å². The number of urea groups is 1. The molecule has 0 aromatic carbocycles. The molecular weight excluding hydrogens is 260 g/mol. The Hall–Kier alpha value is -2.18. The van der Waals surface area contributed by atoms with Crippen LogP contribution in [0.2, 0.25) is 0 Å². The van der Waals surface area contributed by atoms with Gasteiger partial charge in [0.2, 0.25) is 5.95 Å². The van der Waals surface area contributed by atoms with Gasteiger partial charge in [0.25, 0.3) is 0 Å². The summed E-state index contributed by atoms with van der Waals surface area (Å²) < 4.78 is 0. The quantitative estimate of drug-likeness (QED) is 0.729. The molecule has 0 spiro atoms. The number of carboxylic acid groups (broad SMARTS) is 1. The summed E-state index contributed by atoms with van der Waals surface area (Å²) in [6, 6.07) is 0.836. The van der Waals surface area contributed by atoms with Crippen molar-refractivity contribution in [1.82, 2.24) is 15.3 Å². The van der Waals surface area contributed by atoms with Crippen molar-refractivity contribution in [2.24, 2.45) is 5.92 Å². The zero-order valence-corrected chi connectivity index (χ0v) is 11.1. The lowest BCUT2D eigenvalue weighted by molar-refractivity contribution is -0.142. The minimum Gasteiger partial charge on any atom is -0.481 e. The van der Waals surface area contributed by atoms with Crippen LogP contribution in [0.5, 0.6) is 0 Å². The molecule has 1 fully saturated rings. The second kappa shape index (κ2) is 6.83. The second-order valence-electron chi connectivity index (χ2n) is 4.86. The average Bonchev–Trinajstić information content (AvgIpc) is 2.65. The SMILES string of the molecule is O=C(Nc1ncccn1)NC1CCCCCC1C(=O)O. The Morgan fingerprint density at radius 2 is 1.85 bits per heavy atom. The van der Waals surface area contributed by atoms with Crippen molar-refractivity contribution >= 4 is 17.9 Å². The first-order chi connectivity index (χ1) is 9.66. The lowest BCUT2D eigenvalue weighted by atomic mass is 9.95. The Morgan fingerprint density at radius 3 is 2.55 bits per heavy atom. The van der Waals surface area contributed by atoms with Crippen LogP contribution in [0.4, 0.5) is 10.7 Å². The fourth-order valence-corrected chi connectivity index (χ4v) is 2.45. The number of rotatable bonds is 3. The highest BCUT2D eigenvalue weighted by atomic mass is 16.4. The molecule has 0 saturated heterocycles. The van der Waals surface area contributed by atoms with Crippen molar-refractivity contribution in [3.63, 3.8) is 0 Å². The fraction of sp³-hybridized carbons (Fsp3) is 0.538. The number of carboxylic acids is 1.